The van der Waals surface area contributed by atoms with Crippen LogP contribution in [0.2, 0.25) is 0 Å². The van der Waals surface area contributed by atoms with E-state index in [1.165, 1.54) is 54.8 Å². The highest BCUT2D eigenvalue weighted by Gasteiger charge is 2.24. The van der Waals surface area contributed by atoms with Gasteiger partial charge < -0.3 is 4.57 Å². The van der Waals surface area contributed by atoms with E-state index < -0.39 is 0 Å². The number of fused-ring (bicyclic) bond motifs is 9. The Morgan fingerprint density at radius 2 is 1.62 bits per heavy atom. The van der Waals surface area contributed by atoms with E-state index in [1.807, 2.05) is 0 Å². The molecule has 26 heavy (non-hydrogen) atoms. The lowest BCUT2D eigenvalue weighted by atomic mass is 9.98. The summed E-state index contributed by atoms with van der Waals surface area (Å²) in [6.45, 7) is 3.23. The topological polar surface area (TPSA) is 4.93 Å². The van der Waals surface area contributed by atoms with Gasteiger partial charge >= 0.3 is 0 Å². The Hall–Kier alpha value is -3.06. The molecule has 0 saturated heterocycles. The van der Waals surface area contributed by atoms with Gasteiger partial charge in [-0.2, -0.15) is 0 Å². The van der Waals surface area contributed by atoms with Gasteiger partial charge in [0.2, 0.25) is 0 Å². The number of aryl methyl sites for hydroxylation is 1. The van der Waals surface area contributed by atoms with Crippen molar-refractivity contribution >= 4 is 32.6 Å². The molecule has 5 aromatic rings. The predicted molar refractivity (Wildman–Crippen MR) is 111 cm³/mol. The lowest BCUT2D eigenvalue weighted by Gasteiger charge is -2.07. The number of benzene rings is 4. The summed E-state index contributed by atoms with van der Waals surface area (Å²) in [7, 11) is 0. The molecule has 0 amide bonds. The van der Waals surface area contributed by atoms with Gasteiger partial charge in [0.05, 0.1) is 5.52 Å². The fourth-order valence-corrected chi connectivity index (χ4v) is 4.91. The van der Waals surface area contributed by atoms with Crippen LogP contribution >= 0.6 is 0 Å². The van der Waals surface area contributed by atoms with E-state index in [1.54, 1.807) is 0 Å². The van der Waals surface area contributed by atoms with Gasteiger partial charge in [-0.05, 0) is 47.1 Å². The molecule has 0 unspecified atom stereocenters. The largest absolute Gasteiger partial charge is 0.340 e. The molecule has 1 aliphatic carbocycles. The third-order valence-electron chi connectivity index (χ3n) is 5.98. The molecule has 0 N–H and O–H groups in total. The first kappa shape index (κ1) is 14.1. The average molecular weight is 333 g/mol. The van der Waals surface area contributed by atoms with Crippen molar-refractivity contribution in [1.29, 1.82) is 0 Å². The van der Waals surface area contributed by atoms with E-state index >= 15 is 0 Å². The van der Waals surface area contributed by atoms with Gasteiger partial charge in [-0.3, -0.25) is 0 Å². The molecule has 0 radical (unpaired) electrons. The van der Waals surface area contributed by atoms with Crippen LogP contribution in [0, 0.1) is 0 Å². The van der Waals surface area contributed by atoms with Crippen molar-refractivity contribution in [3.8, 4) is 11.1 Å². The smallest absolute Gasteiger partial charge is 0.0571 e. The SMILES string of the molecule is CCn1c2ccc3c(c2c2ccc4ccccc4c21)-c1ccccc1C3. The molecule has 0 bridgehead atoms. The fraction of sp³-hybridized carbons (Fsp3) is 0.120. The predicted octanol–water partition coefficient (Wildman–Crippen LogP) is 6.54. The van der Waals surface area contributed by atoms with Crippen LogP contribution in [0.15, 0.2) is 72.8 Å². The molecule has 0 atom stereocenters. The fourth-order valence-electron chi connectivity index (χ4n) is 4.91. The van der Waals surface area contributed by atoms with Gasteiger partial charge in [0.25, 0.3) is 0 Å². The molecule has 0 saturated carbocycles. The maximum absolute atomic E-state index is 2.49. The van der Waals surface area contributed by atoms with Crippen molar-refractivity contribution in [2.45, 2.75) is 19.9 Å². The molecule has 124 valence electrons. The lowest BCUT2D eigenvalue weighted by molar-refractivity contribution is 0.829. The second-order valence-corrected chi connectivity index (χ2v) is 7.25. The van der Waals surface area contributed by atoms with Crippen LogP contribution in [-0.2, 0) is 13.0 Å². The highest BCUT2D eigenvalue weighted by Crippen LogP contribution is 2.45. The number of hydrogen-bond donors (Lipinski definition) is 0. The molecule has 1 aromatic heterocycles. The Kier molecular flexibility index (Phi) is 2.71. The minimum absolute atomic E-state index is 0.981. The van der Waals surface area contributed by atoms with E-state index in [9.17, 15) is 0 Å². The zero-order valence-corrected chi connectivity index (χ0v) is 14.8. The van der Waals surface area contributed by atoms with E-state index in [0.29, 0.717) is 0 Å². The van der Waals surface area contributed by atoms with Crippen molar-refractivity contribution in [1.82, 2.24) is 4.57 Å². The molecular weight excluding hydrogens is 314 g/mol. The molecule has 1 heterocycles. The van der Waals surface area contributed by atoms with Gasteiger partial charge in [-0.1, -0.05) is 66.7 Å². The van der Waals surface area contributed by atoms with E-state index in [-0.39, 0.29) is 0 Å². The normalized spacial score (nSPS) is 12.8. The van der Waals surface area contributed by atoms with Gasteiger partial charge in [-0.15, -0.1) is 0 Å². The zero-order valence-electron chi connectivity index (χ0n) is 14.8. The van der Waals surface area contributed by atoms with Crippen LogP contribution in [0.5, 0.6) is 0 Å². The maximum atomic E-state index is 2.49. The van der Waals surface area contributed by atoms with Crippen molar-refractivity contribution in [3.05, 3.63) is 83.9 Å². The monoisotopic (exact) mass is 333 g/mol. The number of aromatic nitrogens is 1. The van der Waals surface area contributed by atoms with Gasteiger partial charge in [0.15, 0.2) is 0 Å². The van der Waals surface area contributed by atoms with Crippen molar-refractivity contribution in [2.24, 2.45) is 0 Å². The Bertz CT molecular complexity index is 1340. The molecule has 4 aromatic carbocycles. The maximum Gasteiger partial charge on any atom is 0.0571 e. The lowest BCUT2D eigenvalue weighted by Crippen LogP contribution is -1.94. The molecule has 6 rings (SSSR count). The van der Waals surface area contributed by atoms with E-state index in [4.69, 9.17) is 0 Å². The number of hydrogen-bond acceptors (Lipinski definition) is 0. The molecule has 0 spiro atoms. The zero-order chi connectivity index (χ0) is 17.3. The highest BCUT2D eigenvalue weighted by molar-refractivity contribution is 6.22. The third-order valence-corrected chi connectivity index (χ3v) is 5.98. The quantitative estimate of drug-likeness (QED) is 0.322. The Morgan fingerprint density at radius 1 is 0.769 bits per heavy atom. The first-order valence-corrected chi connectivity index (χ1v) is 9.40. The second kappa shape index (κ2) is 4.98. The van der Waals surface area contributed by atoms with Crippen LogP contribution in [-0.4, -0.2) is 4.57 Å². The highest BCUT2D eigenvalue weighted by atomic mass is 15.0. The minimum Gasteiger partial charge on any atom is -0.340 e. The molecule has 0 aliphatic heterocycles. The van der Waals surface area contributed by atoms with Crippen molar-refractivity contribution in [2.75, 3.05) is 0 Å². The van der Waals surface area contributed by atoms with Crippen LogP contribution < -0.4 is 0 Å². The summed E-state index contributed by atoms with van der Waals surface area (Å²) in [4.78, 5) is 0. The number of nitrogens with zero attached hydrogens (tertiary/aromatic N) is 1. The molecular formula is C25H19N. The summed E-state index contributed by atoms with van der Waals surface area (Å²) in [5, 5.41) is 5.47. The molecule has 1 aliphatic rings. The van der Waals surface area contributed by atoms with Crippen molar-refractivity contribution in [3.63, 3.8) is 0 Å². The van der Waals surface area contributed by atoms with E-state index in [0.717, 1.165) is 13.0 Å². The van der Waals surface area contributed by atoms with E-state index in [2.05, 4.69) is 84.3 Å². The van der Waals surface area contributed by atoms with Crippen LogP contribution in [0.25, 0.3) is 43.7 Å². The first-order valence-electron chi connectivity index (χ1n) is 9.40. The van der Waals surface area contributed by atoms with Crippen LogP contribution in [0.1, 0.15) is 18.1 Å². The summed E-state index contributed by atoms with van der Waals surface area (Å²) in [5.74, 6) is 0. The van der Waals surface area contributed by atoms with Gasteiger partial charge in [0, 0.05) is 28.2 Å². The molecule has 1 nitrogen and oxygen atoms in total. The van der Waals surface area contributed by atoms with Gasteiger partial charge in [-0.25, -0.2) is 0 Å². The summed E-state index contributed by atoms with van der Waals surface area (Å²) >= 11 is 0. The molecule has 1 heteroatoms. The number of rotatable bonds is 1. The van der Waals surface area contributed by atoms with Crippen molar-refractivity contribution < 1.29 is 0 Å². The Morgan fingerprint density at radius 3 is 2.54 bits per heavy atom. The first-order chi connectivity index (χ1) is 12.9. The minimum atomic E-state index is 0.981. The Balaban J connectivity index is 1.89. The average Bonchev–Trinajstić information content (AvgIpc) is 3.22. The third kappa shape index (κ3) is 1.65. The van der Waals surface area contributed by atoms with Crippen LogP contribution in [0.3, 0.4) is 0 Å². The van der Waals surface area contributed by atoms with Gasteiger partial charge in [0.1, 0.15) is 0 Å². The summed E-state index contributed by atoms with van der Waals surface area (Å²) in [6, 6.07) is 26.9. The van der Waals surface area contributed by atoms with Crippen LogP contribution in [0.4, 0.5) is 0 Å². The second-order valence-electron chi connectivity index (χ2n) is 7.25. The standard InChI is InChI=1S/C25H19N/c1-2-26-22-14-12-18-15-17-8-4-5-9-19(17)23(18)24(22)21-13-11-16-7-3-6-10-20(16)25(21)26/h3-14H,2,15H2,1H3. The summed E-state index contributed by atoms with van der Waals surface area (Å²) < 4.78 is 2.49. The summed E-state index contributed by atoms with van der Waals surface area (Å²) in [5.41, 5.74) is 8.50. The summed E-state index contributed by atoms with van der Waals surface area (Å²) in [6.07, 6.45) is 1.05. The Labute approximate surface area is 152 Å². The molecule has 0 fully saturated rings.